The molecule has 78 valence electrons. The maximum atomic E-state index is 9.78. The van der Waals surface area contributed by atoms with E-state index < -0.39 is 5.60 Å². The Morgan fingerprint density at radius 2 is 2.21 bits per heavy atom. The second-order valence-corrected chi connectivity index (χ2v) is 4.94. The molecule has 0 heterocycles. The van der Waals surface area contributed by atoms with Crippen LogP contribution in [0, 0.1) is 0 Å². The summed E-state index contributed by atoms with van der Waals surface area (Å²) >= 11 is 9.33. The Balaban J connectivity index is 2.87. The van der Waals surface area contributed by atoms with Crippen LogP contribution in [0.15, 0.2) is 22.7 Å². The molecule has 1 aromatic carbocycles. The summed E-state index contributed by atoms with van der Waals surface area (Å²) in [7, 11) is 0. The lowest BCUT2D eigenvalue weighted by Crippen LogP contribution is -2.36. The van der Waals surface area contributed by atoms with Gasteiger partial charge >= 0.3 is 0 Å². The molecule has 1 atom stereocenters. The number of halogens is 2. The van der Waals surface area contributed by atoms with Gasteiger partial charge in [-0.2, -0.15) is 0 Å². The molecule has 1 unspecified atom stereocenters. The van der Waals surface area contributed by atoms with Crippen molar-refractivity contribution < 1.29 is 5.11 Å². The molecule has 1 aromatic rings. The fraction of sp³-hybridized carbons (Fsp3) is 0.400. The van der Waals surface area contributed by atoms with Crippen molar-refractivity contribution in [2.45, 2.75) is 18.9 Å². The van der Waals surface area contributed by atoms with E-state index in [1.807, 2.05) is 18.2 Å². The van der Waals surface area contributed by atoms with Crippen molar-refractivity contribution in [3.05, 3.63) is 33.3 Å². The zero-order chi connectivity index (χ0) is 10.8. The van der Waals surface area contributed by atoms with E-state index in [0.29, 0.717) is 11.4 Å². The zero-order valence-electron chi connectivity index (χ0n) is 7.93. The minimum Gasteiger partial charge on any atom is -0.389 e. The Hall–Kier alpha value is -0.0900. The standard InChI is InChI=1S/C10H13BrClNO/c1-10(14,6-13)5-7-2-3-8(11)4-9(7)12/h2-4,14H,5-6,13H2,1H3. The molecule has 0 aliphatic rings. The van der Waals surface area contributed by atoms with Gasteiger partial charge in [-0.15, -0.1) is 0 Å². The van der Waals surface area contributed by atoms with Gasteiger partial charge in [0.25, 0.3) is 0 Å². The summed E-state index contributed by atoms with van der Waals surface area (Å²) in [6, 6.07) is 5.59. The SMILES string of the molecule is CC(O)(CN)Cc1ccc(Br)cc1Cl. The highest BCUT2D eigenvalue weighted by Crippen LogP contribution is 2.24. The summed E-state index contributed by atoms with van der Waals surface area (Å²) in [4.78, 5) is 0. The lowest BCUT2D eigenvalue weighted by atomic mass is 9.97. The lowest BCUT2D eigenvalue weighted by Gasteiger charge is -2.21. The van der Waals surface area contributed by atoms with Crippen LogP contribution >= 0.6 is 27.5 Å². The first kappa shape index (κ1) is 12.0. The molecular weight excluding hydrogens is 265 g/mol. The van der Waals surface area contributed by atoms with Gasteiger partial charge in [0.2, 0.25) is 0 Å². The Bertz CT molecular complexity index is 328. The van der Waals surface area contributed by atoms with E-state index >= 15 is 0 Å². The van der Waals surface area contributed by atoms with E-state index in [2.05, 4.69) is 15.9 Å². The molecule has 0 radical (unpaired) electrons. The molecule has 0 aromatic heterocycles. The number of hydrogen-bond donors (Lipinski definition) is 2. The van der Waals surface area contributed by atoms with Crippen LogP contribution in [0.1, 0.15) is 12.5 Å². The number of nitrogens with two attached hydrogens (primary N) is 1. The first-order valence-electron chi connectivity index (χ1n) is 4.31. The van der Waals surface area contributed by atoms with Crippen molar-refractivity contribution in [3.63, 3.8) is 0 Å². The molecule has 1 rings (SSSR count). The normalized spacial score (nSPS) is 15.2. The van der Waals surface area contributed by atoms with Crippen LogP contribution in [0.3, 0.4) is 0 Å². The second-order valence-electron chi connectivity index (χ2n) is 3.61. The van der Waals surface area contributed by atoms with Crippen molar-refractivity contribution >= 4 is 27.5 Å². The Kier molecular flexibility index (Phi) is 3.95. The van der Waals surface area contributed by atoms with Crippen molar-refractivity contribution in [2.24, 2.45) is 5.73 Å². The Morgan fingerprint density at radius 3 is 2.71 bits per heavy atom. The molecule has 2 nitrogen and oxygen atoms in total. The Labute approximate surface area is 97.2 Å². The highest BCUT2D eigenvalue weighted by atomic mass is 79.9. The third-order valence-electron chi connectivity index (χ3n) is 2.03. The monoisotopic (exact) mass is 277 g/mol. The third-order valence-corrected chi connectivity index (χ3v) is 2.87. The van der Waals surface area contributed by atoms with Crippen molar-refractivity contribution in [1.82, 2.24) is 0 Å². The molecule has 0 bridgehead atoms. The third kappa shape index (κ3) is 3.24. The van der Waals surface area contributed by atoms with Gasteiger partial charge in [-0.3, -0.25) is 0 Å². The van der Waals surface area contributed by atoms with Gasteiger partial charge in [-0.05, 0) is 24.6 Å². The average molecular weight is 279 g/mol. The predicted molar refractivity (Wildman–Crippen MR) is 62.5 cm³/mol. The van der Waals surface area contributed by atoms with E-state index in [9.17, 15) is 5.11 Å². The van der Waals surface area contributed by atoms with Crippen molar-refractivity contribution in [3.8, 4) is 0 Å². The molecule has 0 aliphatic heterocycles. The topological polar surface area (TPSA) is 46.2 Å². The maximum absolute atomic E-state index is 9.78. The number of benzene rings is 1. The van der Waals surface area contributed by atoms with Crippen LogP contribution in [0.5, 0.6) is 0 Å². The van der Waals surface area contributed by atoms with Gasteiger partial charge < -0.3 is 10.8 Å². The first-order valence-corrected chi connectivity index (χ1v) is 5.48. The molecule has 3 N–H and O–H groups in total. The molecule has 0 spiro atoms. The number of hydrogen-bond acceptors (Lipinski definition) is 2. The van der Waals surface area contributed by atoms with Crippen LogP contribution in [0.25, 0.3) is 0 Å². The van der Waals surface area contributed by atoms with Crippen molar-refractivity contribution in [2.75, 3.05) is 6.54 Å². The quantitative estimate of drug-likeness (QED) is 0.891. The van der Waals surface area contributed by atoms with E-state index in [1.165, 1.54) is 0 Å². The van der Waals surface area contributed by atoms with E-state index in [0.717, 1.165) is 10.0 Å². The smallest absolute Gasteiger partial charge is 0.0782 e. The molecule has 14 heavy (non-hydrogen) atoms. The minimum atomic E-state index is -0.891. The summed E-state index contributed by atoms with van der Waals surface area (Å²) in [5, 5.41) is 10.4. The lowest BCUT2D eigenvalue weighted by molar-refractivity contribution is 0.0697. The molecule has 0 saturated heterocycles. The minimum absolute atomic E-state index is 0.222. The summed E-state index contributed by atoms with van der Waals surface area (Å²) in [5.74, 6) is 0. The largest absolute Gasteiger partial charge is 0.389 e. The van der Waals surface area contributed by atoms with Crippen LogP contribution in [0.4, 0.5) is 0 Å². The molecule has 0 aliphatic carbocycles. The van der Waals surface area contributed by atoms with Gasteiger partial charge in [0.15, 0.2) is 0 Å². The zero-order valence-corrected chi connectivity index (χ0v) is 10.3. The second kappa shape index (κ2) is 4.62. The number of rotatable bonds is 3. The van der Waals surface area contributed by atoms with Gasteiger partial charge in [0.05, 0.1) is 5.60 Å². The van der Waals surface area contributed by atoms with E-state index in [4.69, 9.17) is 17.3 Å². The van der Waals surface area contributed by atoms with Gasteiger partial charge in [0.1, 0.15) is 0 Å². The summed E-state index contributed by atoms with van der Waals surface area (Å²) < 4.78 is 0.929. The molecular formula is C10H13BrClNO. The fourth-order valence-electron chi connectivity index (χ4n) is 1.15. The van der Waals surface area contributed by atoms with Crippen LogP contribution in [-0.4, -0.2) is 17.3 Å². The average Bonchev–Trinajstić information content (AvgIpc) is 2.10. The van der Waals surface area contributed by atoms with Crippen LogP contribution in [-0.2, 0) is 6.42 Å². The maximum Gasteiger partial charge on any atom is 0.0782 e. The van der Waals surface area contributed by atoms with Crippen LogP contribution in [0.2, 0.25) is 5.02 Å². The first-order chi connectivity index (χ1) is 6.44. The molecule has 4 heteroatoms. The molecule has 0 amide bonds. The van der Waals surface area contributed by atoms with E-state index in [-0.39, 0.29) is 6.54 Å². The number of aliphatic hydroxyl groups is 1. The van der Waals surface area contributed by atoms with Crippen molar-refractivity contribution in [1.29, 1.82) is 0 Å². The predicted octanol–water partition coefficient (Wildman–Crippen LogP) is 2.35. The summed E-state index contributed by atoms with van der Waals surface area (Å²) in [6.45, 7) is 1.92. The Morgan fingerprint density at radius 1 is 1.57 bits per heavy atom. The molecule has 0 fully saturated rings. The highest BCUT2D eigenvalue weighted by Gasteiger charge is 2.19. The fourth-order valence-corrected chi connectivity index (χ4v) is 1.89. The van der Waals surface area contributed by atoms with Gasteiger partial charge in [-0.1, -0.05) is 33.6 Å². The highest BCUT2D eigenvalue weighted by molar-refractivity contribution is 9.10. The van der Waals surface area contributed by atoms with E-state index in [1.54, 1.807) is 6.92 Å². The van der Waals surface area contributed by atoms with Gasteiger partial charge in [0, 0.05) is 22.5 Å². The summed E-state index contributed by atoms with van der Waals surface area (Å²) in [6.07, 6.45) is 0.468. The molecule has 0 saturated carbocycles. The summed E-state index contributed by atoms with van der Waals surface area (Å²) in [5.41, 5.74) is 5.45. The van der Waals surface area contributed by atoms with Crippen LogP contribution < -0.4 is 5.73 Å². The van der Waals surface area contributed by atoms with Gasteiger partial charge in [-0.25, -0.2) is 0 Å².